The molecule has 0 radical (unpaired) electrons. The zero-order valence-electron chi connectivity index (χ0n) is 13.2. The monoisotopic (exact) mass is 489 g/mol. The summed E-state index contributed by atoms with van der Waals surface area (Å²) in [5.74, 6) is 0. The van der Waals surface area contributed by atoms with E-state index in [1.54, 1.807) is 18.2 Å². The van der Waals surface area contributed by atoms with E-state index in [9.17, 15) is 18.6 Å². The van der Waals surface area contributed by atoms with Crippen LogP contribution >= 0.6 is 0 Å². The van der Waals surface area contributed by atoms with Crippen LogP contribution in [-0.2, 0) is 14.8 Å². The summed E-state index contributed by atoms with van der Waals surface area (Å²) < 4.78 is 28.5. The molecule has 1 rings (SSSR count). The second-order valence-electron chi connectivity index (χ2n) is 5.00. The fraction of sp³-hybridized carbons (Fsp3) is 0.467. The molecule has 0 aliphatic rings. The molecule has 0 heterocycles. The quantitative estimate of drug-likeness (QED) is 0.210. The summed E-state index contributed by atoms with van der Waals surface area (Å²) in [5.41, 5.74) is 0. The standard InChI is InChI=1S/C15H23NO5SSe2/c1-2-7-21-8-12(17)9-23-10-13(18)11-24-15-5-3-14(4-6-15)22(16,19)20/h2-6,12-13,17-18H,1,7-11H2,(H2,16,19,20). The number of primary sulfonamides is 1. The molecule has 9 heteroatoms. The number of aliphatic hydroxyl groups excluding tert-OH is 2. The van der Waals surface area contributed by atoms with Crippen molar-refractivity contribution in [2.75, 3.05) is 13.2 Å². The number of nitrogens with two attached hydrogens (primary N) is 1. The van der Waals surface area contributed by atoms with Gasteiger partial charge in [0, 0.05) is 0 Å². The first kappa shape index (κ1) is 21.8. The number of benzene rings is 1. The molecule has 136 valence electrons. The first-order valence-electron chi connectivity index (χ1n) is 7.21. The van der Waals surface area contributed by atoms with Crippen LogP contribution < -0.4 is 9.60 Å². The van der Waals surface area contributed by atoms with Gasteiger partial charge in [0.1, 0.15) is 0 Å². The maximum atomic E-state index is 11.2. The van der Waals surface area contributed by atoms with Crippen molar-refractivity contribution in [1.29, 1.82) is 0 Å². The summed E-state index contributed by atoms with van der Waals surface area (Å²) in [6, 6.07) is 6.45. The van der Waals surface area contributed by atoms with Gasteiger partial charge in [-0.25, -0.2) is 0 Å². The fourth-order valence-corrected chi connectivity index (χ4v) is 6.53. The topological polar surface area (TPSA) is 110 Å². The first-order chi connectivity index (χ1) is 11.3. The van der Waals surface area contributed by atoms with Crippen LogP contribution in [0.2, 0.25) is 16.0 Å². The molecule has 0 amide bonds. The zero-order chi connectivity index (χ0) is 18.0. The number of aliphatic hydroxyl groups is 2. The van der Waals surface area contributed by atoms with Crippen LogP contribution in [0.1, 0.15) is 0 Å². The Hall–Kier alpha value is -0.211. The van der Waals surface area contributed by atoms with Crippen molar-refractivity contribution in [3.63, 3.8) is 0 Å². The Morgan fingerprint density at radius 2 is 1.79 bits per heavy atom. The van der Waals surface area contributed by atoms with Gasteiger partial charge < -0.3 is 0 Å². The Labute approximate surface area is 155 Å². The van der Waals surface area contributed by atoms with Crippen molar-refractivity contribution >= 4 is 44.4 Å². The van der Waals surface area contributed by atoms with E-state index in [1.807, 2.05) is 0 Å². The van der Waals surface area contributed by atoms with Crippen molar-refractivity contribution in [3.05, 3.63) is 36.9 Å². The minimum absolute atomic E-state index is 0.0675. The number of rotatable bonds is 12. The first-order valence-corrected chi connectivity index (χ1v) is 13.2. The molecular weight excluding hydrogens is 464 g/mol. The van der Waals surface area contributed by atoms with E-state index >= 15 is 0 Å². The van der Waals surface area contributed by atoms with Gasteiger partial charge in [0.25, 0.3) is 0 Å². The molecule has 0 bridgehead atoms. The number of ether oxygens (including phenoxy) is 1. The van der Waals surface area contributed by atoms with E-state index in [1.165, 1.54) is 12.1 Å². The average molecular weight is 487 g/mol. The molecule has 2 unspecified atom stereocenters. The summed E-state index contributed by atoms with van der Waals surface area (Å²) in [6.45, 7) is 4.26. The molecule has 2 atom stereocenters. The third-order valence-electron chi connectivity index (χ3n) is 2.76. The van der Waals surface area contributed by atoms with Crippen LogP contribution in [0.5, 0.6) is 0 Å². The van der Waals surface area contributed by atoms with Gasteiger partial charge in [0.15, 0.2) is 0 Å². The normalized spacial score (nSPS) is 14.3. The summed E-state index contributed by atoms with van der Waals surface area (Å²) in [6.07, 6.45) is 0.747. The maximum absolute atomic E-state index is 11.2. The van der Waals surface area contributed by atoms with Crippen molar-refractivity contribution in [2.24, 2.45) is 5.14 Å². The number of hydrogen-bond donors (Lipinski definition) is 3. The second-order valence-corrected chi connectivity index (χ2v) is 11.1. The molecular formula is C15H23NO5SSe2. The number of sulfonamides is 1. The van der Waals surface area contributed by atoms with Gasteiger partial charge in [-0.2, -0.15) is 0 Å². The molecule has 0 aliphatic carbocycles. The van der Waals surface area contributed by atoms with Gasteiger partial charge in [0.05, 0.1) is 0 Å². The minimum atomic E-state index is -3.66. The summed E-state index contributed by atoms with van der Waals surface area (Å²) in [4.78, 5) is 0.0959. The van der Waals surface area contributed by atoms with E-state index in [-0.39, 0.29) is 34.8 Å². The van der Waals surface area contributed by atoms with Crippen molar-refractivity contribution in [3.8, 4) is 0 Å². The molecule has 4 N–H and O–H groups in total. The van der Waals surface area contributed by atoms with Crippen LogP contribution in [-0.4, -0.2) is 74.0 Å². The van der Waals surface area contributed by atoms with Gasteiger partial charge in [-0.1, -0.05) is 0 Å². The number of hydrogen-bond acceptors (Lipinski definition) is 5. The average Bonchev–Trinajstić information content (AvgIpc) is 2.53. The SMILES string of the molecule is C=CCOCC(O)C[Se]CC(O)C[Se]c1ccc(S(N)(=O)=O)cc1. The molecule has 0 saturated carbocycles. The summed E-state index contributed by atoms with van der Waals surface area (Å²) in [7, 11) is -3.66. The summed E-state index contributed by atoms with van der Waals surface area (Å²) >= 11 is 0.224. The van der Waals surface area contributed by atoms with Gasteiger partial charge >= 0.3 is 156 Å². The van der Waals surface area contributed by atoms with E-state index in [0.717, 1.165) is 4.46 Å². The van der Waals surface area contributed by atoms with Crippen LogP contribution in [0.15, 0.2) is 41.8 Å². The van der Waals surface area contributed by atoms with E-state index < -0.39 is 22.2 Å². The predicted molar refractivity (Wildman–Crippen MR) is 96.4 cm³/mol. The Morgan fingerprint density at radius 3 is 2.38 bits per heavy atom. The predicted octanol–water partition coefficient (Wildman–Crippen LogP) is -0.453. The van der Waals surface area contributed by atoms with Gasteiger partial charge in [-0.15, -0.1) is 0 Å². The van der Waals surface area contributed by atoms with Gasteiger partial charge in [0.2, 0.25) is 0 Å². The molecule has 0 spiro atoms. The molecule has 1 aromatic rings. The Bertz CT molecular complexity index is 594. The Balaban J connectivity index is 2.24. The molecule has 0 aliphatic heterocycles. The molecule has 0 fully saturated rings. The molecule has 0 aromatic heterocycles. The Kier molecular flexibility index (Phi) is 10.4. The van der Waals surface area contributed by atoms with E-state index in [4.69, 9.17) is 9.88 Å². The van der Waals surface area contributed by atoms with Crippen LogP contribution in [0.3, 0.4) is 0 Å². The molecule has 6 nitrogen and oxygen atoms in total. The van der Waals surface area contributed by atoms with E-state index in [0.29, 0.717) is 29.2 Å². The van der Waals surface area contributed by atoms with E-state index in [2.05, 4.69) is 6.58 Å². The van der Waals surface area contributed by atoms with Crippen LogP contribution in [0.25, 0.3) is 0 Å². The fourth-order valence-electron chi connectivity index (χ4n) is 1.64. The third-order valence-corrected chi connectivity index (χ3v) is 8.72. The second kappa shape index (κ2) is 11.4. The third kappa shape index (κ3) is 9.32. The van der Waals surface area contributed by atoms with Crippen LogP contribution in [0, 0.1) is 0 Å². The van der Waals surface area contributed by atoms with Crippen molar-refractivity contribution < 1.29 is 23.4 Å². The van der Waals surface area contributed by atoms with Crippen LogP contribution in [0.4, 0.5) is 0 Å². The van der Waals surface area contributed by atoms with Gasteiger partial charge in [-0.3, -0.25) is 0 Å². The molecule has 0 saturated heterocycles. The summed E-state index contributed by atoms with van der Waals surface area (Å²) in [5, 5.41) is 26.8. The zero-order valence-corrected chi connectivity index (χ0v) is 17.4. The molecule has 1 aromatic carbocycles. The van der Waals surface area contributed by atoms with Gasteiger partial charge in [-0.05, 0) is 0 Å². The van der Waals surface area contributed by atoms with Crippen molar-refractivity contribution in [2.45, 2.75) is 33.1 Å². The Morgan fingerprint density at radius 1 is 1.17 bits per heavy atom. The van der Waals surface area contributed by atoms with Crippen molar-refractivity contribution in [1.82, 2.24) is 0 Å². The molecule has 24 heavy (non-hydrogen) atoms.